The highest BCUT2D eigenvalue weighted by Gasteiger charge is 2.59. The van der Waals surface area contributed by atoms with Gasteiger partial charge in [0.15, 0.2) is 0 Å². The van der Waals surface area contributed by atoms with Crippen LogP contribution in [0.15, 0.2) is 90.5 Å². The number of allylic oxidation sites excluding steroid dienone is 1. The van der Waals surface area contributed by atoms with Crippen LogP contribution in [0, 0.1) is 46.3 Å². The van der Waals surface area contributed by atoms with Gasteiger partial charge in [0.25, 0.3) is 0 Å². The molecule has 7 nitrogen and oxygen atoms in total. The SMILES string of the molecule is COc1ccc(C(OCCC(O)CCCCCCCCCCCNC(=O)OC2CC[C@@]3(C)C(=CCC4C3CC[C@@]3(C)C4CC[C@@H]3[C@H](C)CCCC(C)C)C2)(c2ccccc2)c2ccc(OC)cc2)cc1. The summed E-state index contributed by atoms with van der Waals surface area (Å²) in [6, 6.07) is 26.5. The number of benzene rings is 3. The third-order valence-corrected chi connectivity index (χ3v) is 18.5. The highest BCUT2D eigenvalue weighted by Crippen LogP contribution is 2.67. The fourth-order valence-corrected chi connectivity index (χ4v) is 14.4. The van der Waals surface area contributed by atoms with Crippen molar-refractivity contribution in [1.82, 2.24) is 5.32 Å². The van der Waals surface area contributed by atoms with Gasteiger partial charge in [0.2, 0.25) is 0 Å². The lowest BCUT2D eigenvalue weighted by Gasteiger charge is -2.58. The van der Waals surface area contributed by atoms with Gasteiger partial charge in [-0.1, -0.05) is 171 Å². The van der Waals surface area contributed by atoms with Crippen LogP contribution in [0.4, 0.5) is 4.79 Å². The third-order valence-electron chi connectivity index (χ3n) is 18.5. The van der Waals surface area contributed by atoms with E-state index in [9.17, 15) is 9.90 Å². The van der Waals surface area contributed by atoms with Crippen molar-refractivity contribution < 1.29 is 28.8 Å². The Morgan fingerprint density at radius 2 is 1.30 bits per heavy atom. The van der Waals surface area contributed by atoms with E-state index in [1.54, 1.807) is 19.8 Å². The fraction of sp³-hybridized carbons (Fsp3) is 0.667. The molecule has 1 amide bonds. The van der Waals surface area contributed by atoms with Crippen LogP contribution in [-0.4, -0.2) is 50.8 Å². The van der Waals surface area contributed by atoms with E-state index in [2.05, 4.69) is 82.4 Å². The molecule has 7 heteroatoms. The van der Waals surface area contributed by atoms with Crippen LogP contribution >= 0.6 is 0 Å². The predicted molar refractivity (Wildman–Crippen MR) is 286 cm³/mol. The Balaban J connectivity index is 0.743. The standard InChI is InChI=1S/C63H93NO6/c1-46(2)21-20-22-47(3)57-36-37-58-56-35-30-51-45-55(38-41-61(51,4)59(56)39-42-62(57,58)5)70-60(66)64-43-19-14-12-10-8-9-11-13-18-25-52(65)40-44-69-63(48-23-16-15-17-24-48,49-26-31-53(67-6)32-27-49)50-28-33-54(68-7)34-29-50/h15-17,23-24,26-34,46-47,52,55-59,65H,8-14,18-22,25,35-45H2,1-7H3,(H,64,66)/t47-,52?,55?,56?,57-,58?,59?,61+,62-/m1/s1. The molecule has 0 heterocycles. The molecule has 0 bridgehead atoms. The third kappa shape index (κ3) is 13.0. The summed E-state index contributed by atoms with van der Waals surface area (Å²) < 4.78 is 24.0. The van der Waals surface area contributed by atoms with Gasteiger partial charge in [0.1, 0.15) is 23.2 Å². The molecule has 3 saturated carbocycles. The number of rotatable bonds is 27. The number of methoxy groups -OCH3 is 2. The number of hydrogen-bond donors (Lipinski definition) is 2. The quantitative estimate of drug-likeness (QED) is 0.0450. The largest absolute Gasteiger partial charge is 0.497 e. The molecule has 70 heavy (non-hydrogen) atoms. The lowest BCUT2D eigenvalue weighted by molar-refractivity contribution is -0.0581. The summed E-state index contributed by atoms with van der Waals surface area (Å²) in [6.07, 6.45) is 27.8. The van der Waals surface area contributed by atoms with Crippen LogP contribution in [0.5, 0.6) is 11.5 Å². The van der Waals surface area contributed by atoms with Crippen molar-refractivity contribution in [2.45, 2.75) is 194 Å². The van der Waals surface area contributed by atoms with Gasteiger partial charge in [0, 0.05) is 13.0 Å². The molecule has 0 saturated heterocycles. The first-order chi connectivity index (χ1) is 33.9. The predicted octanol–water partition coefficient (Wildman–Crippen LogP) is 15.8. The lowest BCUT2D eigenvalue weighted by atomic mass is 9.47. The van der Waals surface area contributed by atoms with E-state index in [0.29, 0.717) is 25.0 Å². The fourth-order valence-electron chi connectivity index (χ4n) is 14.4. The molecule has 3 aromatic rings. The van der Waals surface area contributed by atoms with E-state index in [4.69, 9.17) is 18.9 Å². The number of carbonyl (C=O) groups excluding carboxylic acids is 1. The Morgan fingerprint density at radius 3 is 1.93 bits per heavy atom. The summed E-state index contributed by atoms with van der Waals surface area (Å²) in [7, 11) is 3.35. The molecule has 386 valence electrons. The second-order valence-corrected chi connectivity index (χ2v) is 23.3. The minimum atomic E-state index is -0.874. The summed E-state index contributed by atoms with van der Waals surface area (Å²) in [5.74, 6) is 6.64. The van der Waals surface area contributed by atoms with E-state index < -0.39 is 11.7 Å². The number of alkyl carbamates (subject to hydrolysis) is 1. The zero-order valence-corrected chi connectivity index (χ0v) is 44.7. The average molecular weight is 960 g/mol. The Morgan fingerprint density at radius 1 is 0.686 bits per heavy atom. The van der Waals surface area contributed by atoms with Gasteiger partial charge in [-0.25, -0.2) is 4.79 Å². The number of nitrogens with one attached hydrogen (secondary N) is 1. The number of aliphatic hydroxyl groups is 1. The first-order valence-electron chi connectivity index (χ1n) is 28.2. The number of amides is 1. The minimum Gasteiger partial charge on any atom is -0.497 e. The van der Waals surface area contributed by atoms with Crippen LogP contribution in [-0.2, 0) is 15.1 Å². The zero-order valence-electron chi connectivity index (χ0n) is 44.7. The molecule has 4 aliphatic rings. The number of carbonyl (C=O) groups is 1. The Bertz CT molecular complexity index is 2000. The van der Waals surface area contributed by atoms with Crippen molar-refractivity contribution in [3.8, 4) is 11.5 Å². The van der Waals surface area contributed by atoms with E-state index in [1.165, 1.54) is 83.5 Å². The minimum absolute atomic E-state index is 0.00580. The number of fused-ring (bicyclic) bond motifs is 5. The van der Waals surface area contributed by atoms with Gasteiger partial charge >= 0.3 is 6.09 Å². The van der Waals surface area contributed by atoms with Crippen molar-refractivity contribution in [1.29, 1.82) is 0 Å². The molecule has 9 atom stereocenters. The highest BCUT2D eigenvalue weighted by atomic mass is 16.6. The number of aliphatic hydroxyl groups excluding tert-OH is 1. The Hall–Kier alpha value is -3.81. The first kappa shape index (κ1) is 54.0. The van der Waals surface area contributed by atoms with Crippen molar-refractivity contribution in [2.75, 3.05) is 27.4 Å². The second kappa shape index (κ2) is 25.7. The number of unbranched alkanes of at least 4 members (excludes halogenated alkanes) is 8. The topological polar surface area (TPSA) is 86.2 Å². The molecule has 0 aromatic heterocycles. The normalized spacial score (nSPS) is 26.1. The highest BCUT2D eigenvalue weighted by molar-refractivity contribution is 5.67. The Labute approximate surface area is 424 Å². The van der Waals surface area contributed by atoms with Crippen LogP contribution < -0.4 is 14.8 Å². The van der Waals surface area contributed by atoms with Gasteiger partial charge < -0.3 is 29.4 Å². The molecule has 3 fully saturated rings. The van der Waals surface area contributed by atoms with E-state index >= 15 is 0 Å². The van der Waals surface area contributed by atoms with Crippen molar-refractivity contribution >= 4 is 6.09 Å². The summed E-state index contributed by atoms with van der Waals surface area (Å²) >= 11 is 0. The molecule has 4 aliphatic carbocycles. The maximum absolute atomic E-state index is 12.9. The maximum Gasteiger partial charge on any atom is 0.407 e. The average Bonchev–Trinajstić information content (AvgIpc) is 3.73. The summed E-state index contributed by atoms with van der Waals surface area (Å²) in [5.41, 5.74) is 4.52. The first-order valence-corrected chi connectivity index (χ1v) is 28.2. The van der Waals surface area contributed by atoms with Crippen LogP contribution in [0.25, 0.3) is 0 Å². The maximum atomic E-state index is 12.9. The summed E-state index contributed by atoms with van der Waals surface area (Å²) in [6.45, 7) is 13.7. The van der Waals surface area contributed by atoms with Gasteiger partial charge in [-0.15, -0.1) is 0 Å². The lowest BCUT2D eigenvalue weighted by Crippen LogP contribution is -2.51. The second-order valence-electron chi connectivity index (χ2n) is 23.3. The van der Waals surface area contributed by atoms with Gasteiger partial charge in [-0.2, -0.15) is 0 Å². The molecule has 0 aliphatic heterocycles. The van der Waals surface area contributed by atoms with Gasteiger partial charge in [0.05, 0.1) is 26.9 Å². The molecular weight excluding hydrogens is 867 g/mol. The van der Waals surface area contributed by atoms with Crippen LogP contribution in [0.1, 0.15) is 193 Å². The molecule has 2 N–H and O–H groups in total. The Kier molecular flexibility index (Phi) is 19.8. The van der Waals surface area contributed by atoms with E-state index in [1.807, 2.05) is 42.5 Å². The zero-order chi connectivity index (χ0) is 49.6. The molecule has 0 radical (unpaired) electrons. The molecule has 0 spiro atoms. The molecule has 7 rings (SSSR count). The molecule has 5 unspecified atom stereocenters. The number of hydrogen-bond acceptors (Lipinski definition) is 6. The molecular formula is C63H93NO6. The summed E-state index contributed by atoms with van der Waals surface area (Å²) in [4.78, 5) is 12.9. The monoisotopic (exact) mass is 960 g/mol. The van der Waals surface area contributed by atoms with Gasteiger partial charge in [-0.05, 0) is 152 Å². The smallest absolute Gasteiger partial charge is 0.407 e. The van der Waals surface area contributed by atoms with Gasteiger partial charge in [-0.3, -0.25) is 0 Å². The number of ether oxygens (including phenoxy) is 4. The van der Waals surface area contributed by atoms with Crippen LogP contribution in [0.2, 0.25) is 0 Å². The van der Waals surface area contributed by atoms with E-state index in [-0.39, 0.29) is 17.6 Å². The van der Waals surface area contributed by atoms with E-state index in [0.717, 1.165) is 115 Å². The van der Waals surface area contributed by atoms with Crippen molar-refractivity contribution in [3.63, 3.8) is 0 Å². The van der Waals surface area contributed by atoms with Crippen LogP contribution in [0.3, 0.4) is 0 Å². The summed E-state index contributed by atoms with van der Waals surface area (Å²) in [5, 5.41) is 14.1. The van der Waals surface area contributed by atoms with Crippen molar-refractivity contribution in [2.24, 2.45) is 46.3 Å². The van der Waals surface area contributed by atoms with Crippen molar-refractivity contribution in [3.05, 3.63) is 107 Å². The molecule has 3 aromatic carbocycles.